The van der Waals surface area contributed by atoms with Crippen LogP contribution in [0.15, 0.2) is 51.0 Å². The summed E-state index contributed by atoms with van der Waals surface area (Å²) in [7, 11) is 0. The van der Waals surface area contributed by atoms with Crippen LogP contribution < -0.4 is 16.8 Å². The maximum atomic E-state index is 12.3. The van der Waals surface area contributed by atoms with E-state index in [-0.39, 0.29) is 17.9 Å². The number of carbonyl (C=O) groups is 1. The summed E-state index contributed by atoms with van der Waals surface area (Å²) < 4.78 is 10.5. The number of nitrogens with two attached hydrogens (primary N) is 1. The maximum absolute atomic E-state index is 12.3. The van der Waals surface area contributed by atoms with Gasteiger partial charge in [0.25, 0.3) is 0 Å². The molecule has 0 saturated carbocycles. The summed E-state index contributed by atoms with van der Waals surface area (Å²) in [6.45, 7) is 1.94. The smallest absolute Gasteiger partial charge is 0.359 e. The third-order valence-corrected chi connectivity index (χ3v) is 4.12. The van der Waals surface area contributed by atoms with Crippen LogP contribution in [0.5, 0.6) is 0 Å². The number of nitrogens with zero attached hydrogens (tertiary/aromatic N) is 2. The highest BCUT2D eigenvalue weighted by Crippen LogP contribution is 2.23. The van der Waals surface area contributed by atoms with Crippen molar-refractivity contribution < 1.29 is 13.9 Å². The van der Waals surface area contributed by atoms with Crippen LogP contribution in [0.3, 0.4) is 0 Å². The highest BCUT2D eigenvalue weighted by molar-refractivity contribution is 6.16. The second-order valence-electron chi connectivity index (χ2n) is 5.85. The second-order valence-corrected chi connectivity index (χ2v) is 5.85. The Balaban J connectivity index is 1.97. The molecule has 0 unspecified atom stereocenters. The fourth-order valence-corrected chi connectivity index (χ4v) is 2.84. The molecule has 8 nitrogen and oxygen atoms in total. The molecule has 2 aromatic rings. The van der Waals surface area contributed by atoms with Crippen LogP contribution in [-0.2, 0) is 16.0 Å². The molecule has 2 heterocycles. The molecule has 1 aliphatic carbocycles. The van der Waals surface area contributed by atoms with Crippen molar-refractivity contribution in [1.29, 1.82) is 0 Å². The molecule has 0 bridgehead atoms. The minimum Gasteiger partial charge on any atom is -0.462 e. The Kier molecular flexibility index (Phi) is 5.65. The number of hydrogen-bond donors (Lipinski definition) is 2. The van der Waals surface area contributed by atoms with E-state index >= 15 is 0 Å². The molecule has 3 N–H and O–H groups in total. The number of aromatic nitrogens is 1. The van der Waals surface area contributed by atoms with Gasteiger partial charge in [0, 0.05) is 24.4 Å². The summed E-state index contributed by atoms with van der Waals surface area (Å²) in [6.07, 6.45) is 5.16. The maximum Gasteiger partial charge on any atom is 0.359 e. The van der Waals surface area contributed by atoms with Gasteiger partial charge in [-0.25, -0.2) is 9.59 Å². The number of pyridine rings is 1. The van der Waals surface area contributed by atoms with E-state index in [1.807, 2.05) is 0 Å². The lowest BCUT2D eigenvalue weighted by atomic mass is 9.95. The minimum absolute atomic E-state index is 0.175. The Hall–Kier alpha value is -3.42. The molecule has 0 atom stereocenters. The SMILES string of the molecule is CCOC(=O)C(=CNc1cc2c(oc1=O)CCCC2=NN)c1ccccn1. The van der Waals surface area contributed by atoms with E-state index in [4.69, 9.17) is 15.0 Å². The van der Waals surface area contributed by atoms with Crippen LogP contribution in [0.25, 0.3) is 5.57 Å². The number of hydrazone groups is 1. The average Bonchev–Trinajstić information content (AvgIpc) is 2.69. The predicted octanol–water partition coefficient (Wildman–Crippen LogP) is 2.05. The van der Waals surface area contributed by atoms with Gasteiger partial charge in [0.1, 0.15) is 17.0 Å². The molecule has 8 heteroatoms. The van der Waals surface area contributed by atoms with Gasteiger partial charge < -0.3 is 20.3 Å². The van der Waals surface area contributed by atoms with Crippen molar-refractivity contribution in [2.24, 2.45) is 10.9 Å². The Morgan fingerprint density at radius 1 is 1.44 bits per heavy atom. The van der Waals surface area contributed by atoms with Gasteiger partial charge in [-0.05, 0) is 38.0 Å². The van der Waals surface area contributed by atoms with Crippen molar-refractivity contribution in [1.82, 2.24) is 4.98 Å². The molecule has 3 rings (SSSR count). The van der Waals surface area contributed by atoms with Gasteiger partial charge in [0.05, 0.1) is 18.0 Å². The summed E-state index contributed by atoms with van der Waals surface area (Å²) >= 11 is 0. The molecule has 27 heavy (non-hydrogen) atoms. The number of ether oxygens (including phenoxy) is 1. The summed E-state index contributed by atoms with van der Waals surface area (Å²) in [5, 5.41) is 6.62. The molecular formula is C19H20N4O4. The standard InChI is InChI=1S/C19H20N4O4/c1-2-26-18(24)13(14-6-3-4-9-21-14)11-22-16-10-12-15(23-20)7-5-8-17(12)27-19(16)25/h3-4,6,9-11,22H,2,5,7-8,20H2,1H3. The number of carbonyl (C=O) groups excluding carboxylic acids is 1. The normalized spacial score (nSPS) is 15.3. The molecule has 2 aromatic heterocycles. The number of esters is 1. The second kappa shape index (κ2) is 8.31. The summed E-state index contributed by atoms with van der Waals surface area (Å²) in [4.78, 5) is 28.7. The van der Waals surface area contributed by atoms with Gasteiger partial charge >= 0.3 is 11.6 Å². The number of hydrogen-bond acceptors (Lipinski definition) is 8. The van der Waals surface area contributed by atoms with E-state index in [1.54, 1.807) is 37.4 Å². The highest BCUT2D eigenvalue weighted by Gasteiger charge is 2.21. The van der Waals surface area contributed by atoms with E-state index in [1.165, 1.54) is 6.20 Å². The van der Waals surface area contributed by atoms with Crippen molar-refractivity contribution >= 4 is 22.9 Å². The van der Waals surface area contributed by atoms with Crippen molar-refractivity contribution in [3.05, 3.63) is 64.1 Å². The number of nitrogens with one attached hydrogen (secondary N) is 1. The van der Waals surface area contributed by atoms with Crippen LogP contribution in [0, 0.1) is 0 Å². The molecule has 1 aliphatic rings. The van der Waals surface area contributed by atoms with Gasteiger partial charge in [-0.1, -0.05) is 6.07 Å². The quantitative estimate of drug-likeness (QED) is 0.359. The lowest BCUT2D eigenvalue weighted by Gasteiger charge is -2.16. The highest BCUT2D eigenvalue weighted by atomic mass is 16.5. The first-order valence-electron chi connectivity index (χ1n) is 8.63. The predicted molar refractivity (Wildman–Crippen MR) is 101 cm³/mol. The number of fused-ring (bicyclic) bond motifs is 1. The van der Waals surface area contributed by atoms with Gasteiger partial charge in [0.15, 0.2) is 0 Å². The fraction of sp³-hybridized carbons (Fsp3) is 0.263. The van der Waals surface area contributed by atoms with Gasteiger partial charge in [-0.2, -0.15) is 5.10 Å². The molecule has 0 fully saturated rings. The van der Waals surface area contributed by atoms with Crippen molar-refractivity contribution in [2.75, 3.05) is 11.9 Å². The molecule has 0 radical (unpaired) electrons. The first kappa shape index (κ1) is 18.4. The average molecular weight is 368 g/mol. The number of aryl methyl sites for hydroxylation is 1. The van der Waals surface area contributed by atoms with Crippen LogP contribution in [-0.4, -0.2) is 23.3 Å². The van der Waals surface area contributed by atoms with E-state index in [9.17, 15) is 9.59 Å². The summed E-state index contributed by atoms with van der Waals surface area (Å²) in [5.74, 6) is 5.47. The molecular weight excluding hydrogens is 348 g/mol. The van der Waals surface area contributed by atoms with Crippen molar-refractivity contribution in [3.63, 3.8) is 0 Å². The molecule has 0 aliphatic heterocycles. The van der Waals surface area contributed by atoms with Crippen molar-refractivity contribution in [3.8, 4) is 0 Å². The van der Waals surface area contributed by atoms with Gasteiger partial charge in [0.2, 0.25) is 0 Å². The van der Waals surface area contributed by atoms with Crippen LogP contribution in [0.1, 0.15) is 36.8 Å². The van der Waals surface area contributed by atoms with Crippen LogP contribution in [0.2, 0.25) is 0 Å². The summed E-state index contributed by atoms with van der Waals surface area (Å²) in [5.41, 5.74) is 1.65. The third kappa shape index (κ3) is 4.05. The van der Waals surface area contributed by atoms with E-state index in [0.29, 0.717) is 35.6 Å². The fourth-order valence-electron chi connectivity index (χ4n) is 2.84. The topological polar surface area (TPSA) is 120 Å². The summed E-state index contributed by atoms with van der Waals surface area (Å²) in [6, 6.07) is 6.82. The minimum atomic E-state index is -0.546. The van der Waals surface area contributed by atoms with E-state index in [0.717, 1.165) is 6.42 Å². The molecule has 140 valence electrons. The Morgan fingerprint density at radius 3 is 3.00 bits per heavy atom. The van der Waals surface area contributed by atoms with Crippen LogP contribution in [0.4, 0.5) is 5.69 Å². The molecule has 0 aromatic carbocycles. The Labute approximate surface area is 155 Å². The van der Waals surface area contributed by atoms with Crippen molar-refractivity contribution in [2.45, 2.75) is 26.2 Å². The van der Waals surface area contributed by atoms with E-state index < -0.39 is 11.6 Å². The van der Waals surface area contributed by atoms with Gasteiger partial charge in [-0.3, -0.25) is 4.98 Å². The Morgan fingerprint density at radius 2 is 2.30 bits per heavy atom. The number of rotatable bonds is 5. The van der Waals surface area contributed by atoms with Gasteiger partial charge in [-0.15, -0.1) is 0 Å². The zero-order chi connectivity index (χ0) is 19.2. The number of anilines is 1. The Bertz CT molecular complexity index is 948. The first-order valence-corrected chi connectivity index (χ1v) is 8.63. The molecule has 0 saturated heterocycles. The van der Waals surface area contributed by atoms with Crippen LogP contribution >= 0.6 is 0 Å². The zero-order valence-corrected chi connectivity index (χ0v) is 14.9. The lowest BCUT2D eigenvalue weighted by Crippen LogP contribution is -2.19. The lowest BCUT2D eigenvalue weighted by molar-refractivity contribution is -0.136. The first-order chi connectivity index (χ1) is 13.1. The zero-order valence-electron chi connectivity index (χ0n) is 14.9. The van der Waals surface area contributed by atoms with E-state index in [2.05, 4.69) is 15.4 Å². The molecule has 0 spiro atoms. The molecule has 0 amide bonds. The third-order valence-electron chi connectivity index (χ3n) is 4.12. The largest absolute Gasteiger partial charge is 0.462 e. The monoisotopic (exact) mass is 368 g/mol.